The molecular formula is C28H32Cl2N6O2. The molecule has 0 aliphatic rings. The zero-order valence-electron chi connectivity index (χ0n) is 22.3. The van der Waals surface area contributed by atoms with Crippen LogP contribution in [-0.4, -0.2) is 57.8 Å². The number of carbonyl (C=O) groups excluding carboxylic acids is 1. The third-order valence-electron chi connectivity index (χ3n) is 6.53. The molecule has 2 aromatic heterocycles. The molecule has 4 aromatic rings. The molecule has 0 saturated carbocycles. The number of nitrogens with zero attached hydrogens (tertiary/aromatic N) is 5. The first kappa shape index (κ1) is 27.8. The lowest BCUT2D eigenvalue weighted by Gasteiger charge is -2.19. The fraction of sp³-hybridized carbons (Fsp3) is 0.357. The SMILES string of the molecule is CCn1ncc(CN(C)C(=O)c2nc(-c3ccc(OCCCNC)c(C)c3Cl)nc3ccc(Cl)cc23)c1C. The normalized spacial score (nSPS) is 11.2. The number of aryl methyl sites for hydroxylation is 1. The molecule has 2 heterocycles. The van der Waals surface area contributed by atoms with Gasteiger partial charge in [-0.25, -0.2) is 9.97 Å². The summed E-state index contributed by atoms with van der Waals surface area (Å²) < 4.78 is 7.82. The highest BCUT2D eigenvalue weighted by Gasteiger charge is 2.22. The van der Waals surface area contributed by atoms with Gasteiger partial charge in [-0.05, 0) is 71.1 Å². The Kier molecular flexibility index (Phi) is 8.87. The first-order valence-corrected chi connectivity index (χ1v) is 13.3. The largest absolute Gasteiger partial charge is 0.493 e. The van der Waals surface area contributed by atoms with Crippen LogP contribution < -0.4 is 10.1 Å². The summed E-state index contributed by atoms with van der Waals surface area (Å²) in [5.74, 6) is 0.824. The van der Waals surface area contributed by atoms with Crippen LogP contribution in [0.15, 0.2) is 36.5 Å². The molecule has 10 heteroatoms. The van der Waals surface area contributed by atoms with Gasteiger partial charge in [0.05, 0.1) is 23.3 Å². The highest BCUT2D eigenvalue weighted by Crippen LogP contribution is 2.35. The summed E-state index contributed by atoms with van der Waals surface area (Å²) in [4.78, 5) is 24.8. The second-order valence-corrected chi connectivity index (χ2v) is 9.96. The molecule has 0 aliphatic heterocycles. The van der Waals surface area contributed by atoms with Crippen LogP contribution in [0, 0.1) is 13.8 Å². The van der Waals surface area contributed by atoms with Crippen molar-refractivity contribution in [2.45, 2.75) is 40.3 Å². The van der Waals surface area contributed by atoms with Crippen molar-refractivity contribution in [1.29, 1.82) is 0 Å². The van der Waals surface area contributed by atoms with E-state index in [0.29, 0.717) is 51.2 Å². The van der Waals surface area contributed by atoms with E-state index in [0.717, 1.165) is 36.3 Å². The molecule has 0 fully saturated rings. The van der Waals surface area contributed by atoms with Crippen molar-refractivity contribution in [1.82, 2.24) is 30.0 Å². The van der Waals surface area contributed by atoms with E-state index < -0.39 is 0 Å². The zero-order chi connectivity index (χ0) is 27.4. The Labute approximate surface area is 232 Å². The molecule has 38 heavy (non-hydrogen) atoms. The molecule has 8 nitrogen and oxygen atoms in total. The van der Waals surface area contributed by atoms with Crippen molar-refractivity contribution in [3.8, 4) is 17.1 Å². The van der Waals surface area contributed by atoms with Gasteiger partial charge in [0.25, 0.3) is 5.91 Å². The van der Waals surface area contributed by atoms with E-state index in [4.69, 9.17) is 37.9 Å². The topological polar surface area (TPSA) is 85.2 Å². The smallest absolute Gasteiger partial charge is 0.273 e. The summed E-state index contributed by atoms with van der Waals surface area (Å²) in [5, 5.41) is 9.06. The Bertz CT molecular complexity index is 1470. The Hall–Kier alpha value is -3.20. The second kappa shape index (κ2) is 12.1. The van der Waals surface area contributed by atoms with Crippen LogP contribution in [0.1, 0.15) is 40.7 Å². The van der Waals surface area contributed by atoms with E-state index in [-0.39, 0.29) is 11.6 Å². The summed E-state index contributed by atoms with van der Waals surface area (Å²) in [6.07, 6.45) is 2.68. The number of hydrogen-bond acceptors (Lipinski definition) is 6. The number of fused-ring (bicyclic) bond motifs is 1. The van der Waals surface area contributed by atoms with Gasteiger partial charge < -0.3 is 15.0 Å². The molecule has 0 bridgehead atoms. The van der Waals surface area contributed by atoms with Gasteiger partial charge in [0.2, 0.25) is 0 Å². The van der Waals surface area contributed by atoms with E-state index in [1.165, 1.54) is 0 Å². The van der Waals surface area contributed by atoms with E-state index in [9.17, 15) is 4.79 Å². The van der Waals surface area contributed by atoms with E-state index in [2.05, 4.69) is 10.4 Å². The Balaban J connectivity index is 1.72. The molecule has 2 aromatic carbocycles. The van der Waals surface area contributed by atoms with Gasteiger partial charge in [-0.1, -0.05) is 23.2 Å². The van der Waals surface area contributed by atoms with Crippen LogP contribution in [-0.2, 0) is 13.1 Å². The molecule has 200 valence electrons. The number of nitrogens with one attached hydrogen (secondary N) is 1. The van der Waals surface area contributed by atoms with Gasteiger partial charge in [0.15, 0.2) is 5.82 Å². The summed E-state index contributed by atoms with van der Waals surface area (Å²) in [5.41, 5.74) is 4.29. The van der Waals surface area contributed by atoms with Crippen LogP contribution in [0.5, 0.6) is 5.75 Å². The average Bonchev–Trinajstić information content (AvgIpc) is 3.26. The lowest BCUT2D eigenvalue weighted by Crippen LogP contribution is -2.27. The van der Waals surface area contributed by atoms with Crippen molar-refractivity contribution in [3.05, 3.63) is 69.1 Å². The summed E-state index contributed by atoms with van der Waals surface area (Å²) in [7, 11) is 3.66. The van der Waals surface area contributed by atoms with Gasteiger partial charge in [0, 0.05) is 52.9 Å². The first-order chi connectivity index (χ1) is 18.2. The number of ether oxygens (including phenoxy) is 1. The minimum Gasteiger partial charge on any atom is -0.493 e. The number of rotatable bonds is 10. The van der Waals surface area contributed by atoms with E-state index >= 15 is 0 Å². The van der Waals surface area contributed by atoms with Crippen molar-refractivity contribution >= 4 is 40.0 Å². The molecule has 0 aliphatic carbocycles. The minimum atomic E-state index is -0.248. The molecule has 0 saturated heterocycles. The lowest BCUT2D eigenvalue weighted by atomic mass is 10.1. The van der Waals surface area contributed by atoms with Crippen molar-refractivity contribution in [2.75, 3.05) is 27.2 Å². The molecule has 0 spiro atoms. The van der Waals surface area contributed by atoms with Crippen LogP contribution in [0.2, 0.25) is 10.0 Å². The predicted octanol–water partition coefficient (Wildman–Crippen LogP) is 5.70. The number of halogens is 2. The summed E-state index contributed by atoms with van der Waals surface area (Å²) in [6, 6.07) is 8.95. The molecule has 1 N–H and O–H groups in total. The number of benzene rings is 2. The second-order valence-electron chi connectivity index (χ2n) is 9.15. The number of amides is 1. The Morgan fingerprint density at radius 1 is 1.16 bits per heavy atom. The Morgan fingerprint density at radius 3 is 2.66 bits per heavy atom. The van der Waals surface area contributed by atoms with E-state index in [1.807, 2.05) is 44.6 Å². The standard InChI is InChI=1S/C28H32Cl2N6O2/c1-6-36-18(3)19(15-32-36)16-35(5)28(37)26-22-14-20(29)8-10-23(22)33-27(34-26)21-9-11-24(17(2)25(21)30)38-13-7-12-31-4/h8-11,14-15,31H,6-7,12-13,16H2,1-5H3. The molecule has 0 radical (unpaired) electrons. The maximum atomic E-state index is 13.7. The molecule has 4 rings (SSSR count). The maximum absolute atomic E-state index is 13.7. The maximum Gasteiger partial charge on any atom is 0.273 e. The molecule has 0 unspecified atom stereocenters. The van der Waals surface area contributed by atoms with Crippen LogP contribution in [0.4, 0.5) is 0 Å². The summed E-state index contributed by atoms with van der Waals surface area (Å²) >= 11 is 13.1. The van der Waals surface area contributed by atoms with Gasteiger partial charge in [-0.2, -0.15) is 5.10 Å². The van der Waals surface area contributed by atoms with Gasteiger partial charge in [-0.15, -0.1) is 0 Å². The van der Waals surface area contributed by atoms with Crippen LogP contribution in [0.3, 0.4) is 0 Å². The number of hydrogen-bond donors (Lipinski definition) is 1. The lowest BCUT2D eigenvalue weighted by molar-refractivity contribution is 0.0781. The van der Waals surface area contributed by atoms with Gasteiger partial charge >= 0.3 is 0 Å². The predicted molar refractivity (Wildman–Crippen MR) is 152 cm³/mol. The average molecular weight is 556 g/mol. The zero-order valence-corrected chi connectivity index (χ0v) is 23.8. The molecule has 1 amide bonds. The van der Waals surface area contributed by atoms with Gasteiger partial charge in [-0.3, -0.25) is 9.48 Å². The quantitative estimate of drug-likeness (QED) is 0.253. The number of carbonyl (C=O) groups is 1. The summed E-state index contributed by atoms with van der Waals surface area (Å²) in [6.45, 7) is 8.54. The van der Waals surface area contributed by atoms with Gasteiger partial charge in [0.1, 0.15) is 11.4 Å². The monoisotopic (exact) mass is 554 g/mol. The third kappa shape index (κ3) is 5.77. The first-order valence-electron chi connectivity index (χ1n) is 12.6. The highest BCUT2D eigenvalue weighted by atomic mass is 35.5. The van der Waals surface area contributed by atoms with Crippen molar-refractivity contribution in [2.24, 2.45) is 0 Å². The third-order valence-corrected chi connectivity index (χ3v) is 7.25. The van der Waals surface area contributed by atoms with Crippen LogP contribution in [0.25, 0.3) is 22.3 Å². The fourth-order valence-corrected chi connectivity index (χ4v) is 4.69. The Morgan fingerprint density at radius 2 is 1.95 bits per heavy atom. The fourth-order valence-electron chi connectivity index (χ4n) is 4.28. The highest BCUT2D eigenvalue weighted by molar-refractivity contribution is 6.34. The minimum absolute atomic E-state index is 0.248. The molecular weight excluding hydrogens is 523 g/mol. The molecule has 0 atom stereocenters. The van der Waals surface area contributed by atoms with E-state index in [1.54, 1.807) is 36.3 Å². The number of aromatic nitrogens is 4. The van der Waals surface area contributed by atoms with Crippen molar-refractivity contribution in [3.63, 3.8) is 0 Å². The van der Waals surface area contributed by atoms with Crippen molar-refractivity contribution < 1.29 is 9.53 Å². The van der Waals surface area contributed by atoms with Crippen LogP contribution >= 0.6 is 23.2 Å².